The first-order valence-corrected chi connectivity index (χ1v) is 4.85. The molecule has 1 aromatic rings. The Morgan fingerprint density at radius 1 is 1.47 bits per heavy atom. The summed E-state index contributed by atoms with van der Waals surface area (Å²) < 4.78 is 23.2. The molecule has 80 valence electrons. The van der Waals surface area contributed by atoms with E-state index in [1.807, 2.05) is 0 Å². The quantitative estimate of drug-likeness (QED) is 0.621. The number of nitro benzene ring substituents is 1. The molecule has 0 aliphatic carbocycles. The average molecular weight is 229 g/mol. The number of nitro groups is 1. The number of nitrogens with one attached hydrogen (secondary N) is 1. The number of aryl methyl sites for hydroxylation is 1. The number of anilines is 1. The zero-order valence-electron chi connectivity index (χ0n) is 7.67. The second-order valence-electron chi connectivity index (χ2n) is 2.70. The molecule has 0 heterocycles. The van der Waals surface area contributed by atoms with Gasteiger partial charge in [-0.3, -0.25) is 15.5 Å². The number of hydrogen-bond acceptors (Lipinski definition) is 5. The predicted molar refractivity (Wildman–Crippen MR) is 52.8 cm³/mol. The highest BCUT2D eigenvalue weighted by Gasteiger charge is 2.12. The van der Waals surface area contributed by atoms with Crippen molar-refractivity contribution in [3.8, 4) is 0 Å². The Hall–Kier alpha value is -1.96. The summed E-state index contributed by atoms with van der Waals surface area (Å²) in [5, 5.41) is 10.6. The maximum Gasteiger partial charge on any atom is 0.332 e. The Bertz CT molecular complexity index is 515. The van der Waals surface area contributed by atoms with Gasteiger partial charge in [0, 0.05) is 6.07 Å². The molecular formula is C7H7N3O4S. The molecule has 1 N–H and O–H groups in total. The lowest BCUT2D eigenvalue weighted by molar-refractivity contribution is -0.384. The number of hydrogen-bond donors (Lipinski definition) is 1. The fourth-order valence-corrected chi connectivity index (χ4v) is 1.15. The van der Waals surface area contributed by atoms with Crippen LogP contribution < -0.4 is 5.43 Å². The van der Waals surface area contributed by atoms with E-state index >= 15 is 0 Å². The lowest BCUT2D eigenvalue weighted by atomic mass is 10.2. The van der Waals surface area contributed by atoms with Gasteiger partial charge in [-0.2, -0.15) is 8.42 Å². The summed E-state index contributed by atoms with van der Waals surface area (Å²) in [6.45, 7) is 1.69. The van der Waals surface area contributed by atoms with Crippen LogP contribution in [0, 0.1) is 17.0 Å². The van der Waals surface area contributed by atoms with Gasteiger partial charge in [-0.1, -0.05) is 10.5 Å². The monoisotopic (exact) mass is 229 g/mol. The third kappa shape index (κ3) is 3.02. The van der Waals surface area contributed by atoms with Crippen molar-refractivity contribution in [1.82, 2.24) is 0 Å². The number of benzene rings is 1. The van der Waals surface area contributed by atoms with Crippen molar-refractivity contribution in [2.45, 2.75) is 6.92 Å². The van der Waals surface area contributed by atoms with E-state index < -0.39 is 15.4 Å². The fraction of sp³-hybridized carbons (Fsp3) is 0.143. The fourth-order valence-electron chi connectivity index (χ4n) is 0.974. The van der Waals surface area contributed by atoms with Crippen LogP contribution in [0.5, 0.6) is 0 Å². The molecule has 0 atom stereocenters. The Kier molecular flexibility index (Phi) is 3.34. The highest BCUT2D eigenvalue weighted by Crippen LogP contribution is 2.24. The van der Waals surface area contributed by atoms with E-state index in [0.717, 1.165) is 0 Å². The van der Waals surface area contributed by atoms with Gasteiger partial charge in [0.15, 0.2) is 0 Å². The predicted octanol–water partition coefficient (Wildman–Crippen LogP) is 1.29. The normalized spacial score (nSPS) is 9.40. The van der Waals surface area contributed by atoms with Crippen LogP contribution in [0.15, 0.2) is 22.7 Å². The average Bonchev–Trinajstić information content (AvgIpc) is 2.15. The molecule has 0 aliphatic rings. The molecule has 0 bridgehead atoms. The molecular weight excluding hydrogens is 222 g/mol. The summed E-state index contributed by atoms with van der Waals surface area (Å²) >= 11 is 0. The lowest BCUT2D eigenvalue weighted by Crippen LogP contribution is -1.96. The van der Waals surface area contributed by atoms with Crippen LogP contribution in [0.2, 0.25) is 0 Å². The summed E-state index contributed by atoms with van der Waals surface area (Å²) in [7, 11) is -2.65. The van der Waals surface area contributed by atoms with Crippen LogP contribution >= 0.6 is 0 Å². The molecule has 0 amide bonds. The van der Waals surface area contributed by atoms with Crippen molar-refractivity contribution in [1.29, 1.82) is 0 Å². The molecule has 0 aromatic heterocycles. The Balaban J connectivity index is 3.17. The van der Waals surface area contributed by atoms with Gasteiger partial charge >= 0.3 is 10.5 Å². The Labute approximate surface area is 86.6 Å². The molecule has 7 nitrogen and oxygen atoms in total. The SMILES string of the molecule is Cc1ccc(NN=S(=O)=O)c([N+](=O)[O-])c1. The maximum atomic E-state index is 10.6. The summed E-state index contributed by atoms with van der Waals surface area (Å²) in [5.41, 5.74) is 2.61. The second-order valence-corrected chi connectivity index (χ2v) is 3.31. The number of nitrogens with zero attached hydrogens (tertiary/aromatic N) is 2. The Morgan fingerprint density at radius 2 is 2.13 bits per heavy atom. The van der Waals surface area contributed by atoms with Crippen molar-refractivity contribution >= 4 is 21.9 Å². The molecule has 0 saturated carbocycles. The van der Waals surface area contributed by atoms with E-state index in [9.17, 15) is 18.5 Å². The second kappa shape index (κ2) is 4.51. The van der Waals surface area contributed by atoms with Gasteiger partial charge in [0.25, 0.3) is 5.69 Å². The van der Waals surface area contributed by atoms with Crippen molar-refractivity contribution in [2.24, 2.45) is 4.47 Å². The minimum Gasteiger partial charge on any atom is -0.258 e. The van der Waals surface area contributed by atoms with Crippen molar-refractivity contribution in [2.75, 3.05) is 5.43 Å². The van der Waals surface area contributed by atoms with Crippen molar-refractivity contribution in [3.63, 3.8) is 0 Å². The van der Waals surface area contributed by atoms with Crippen molar-refractivity contribution < 1.29 is 13.3 Å². The van der Waals surface area contributed by atoms with E-state index in [0.29, 0.717) is 5.56 Å². The van der Waals surface area contributed by atoms with Gasteiger partial charge in [-0.15, -0.1) is 0 Å². The van der Waals surface area contributed by atoms with Crippen LogP contribution in [0.3, 0.4) is 0 Å². The van der Waals surface area contributed by atoms with Crippen LogP contribution in [-0.4, -0.2) is 13.3 Å². The third-order valence-corrected chi connectivity index (χ3v) is 1.83. The first-order chi connectivity index (χ1) is 7.00. The number of rotatable bonds is 3. The topological polar surface area (TPSA) is 102 Å². The highest BCUT2D eigenvalue weighted by atomic mass is 32.2. The molecule has 0 spiro atoms. The smallest absolute Gasteiger partial charge is 0.258 e. The lowest BCUT2D eigenvalue weighted by Gasteiger charge is -2.00. The molecule has 1 rings (SSSR count). The van der Waals surface area contributed by atoms with E-state index in [1.54, 1.807) is 13.0 Å². The maximum absolute atomic E-state index is 10.6. The van der Waals surface area contributed by atoms with E-state index in [1.165, 1.54) is 12.1 Å². The van der Waals surface area contributed by atoms with Crippen molar-refractivity contribution in [3.05, 3.63) is 33.9 Å². The summed E-state index contributed by atoms with van der Waals surface area (Å²) in [4.78, 5) is 9.98. The first-order valence-electron chi connectivity index (χ1n) is 3.82. The summed E-state index contributed by atoms with van der Waals surface area (Å²) in [5.74, 6) is 0. The van der Waals surface area contributed by atoms with Crippen LogP contribution in [-0.2, 0) is 10.5 Å². The summed E-state index contributed by atoms with van der Waals surface area (Å²) in [6.07, 6.45) is 0. The molecule has 0 unspecified atom stereocenters. The molecule has 8 heteroatoms. The molecule has 0 saturated heterocycles. The van der Waals surface area contributed by atoms with E-state index in [4.69, 9.17) is 0 Å². The van der Waals surface area contributed by atoms with Gasteiger partial charge in [0.1, 0.15) is 5.69 Å². The molecule has 0 fully saturated rings. The van der Waals surface area contributed by atoms with Gasteiger partial charge in [-0.25, -0.2) is 0 Å². The third-order valence-electron chi connectivity index (χ3n) is 1.59. The highest BCUT2D eigenvalue weighted by molar-refractivity contribution is 7.61. The minimum atomic E-state index is -2.65. The van der Waals surface area contributed by atoms with E-state index in [2.05, 4.69) is 9.90 Å². The van der Waals surface area contributed by atoms with Gasteiger partial charge < -0.3 is 0 Å². The van der Waals surface area contributed by atoms with Crippen LogP contribution in [0.4, 0.5) is 11.4 Å². The largest absolute Gasteiger partial charge is 0.332 e. The molecule has 0 aliphatic heterocycles. The standard InChI is InChI=1S/C7H7N3O4S/c1-5-2-3-6(8-9-15(13)14)7(4-5)10(11)12/h2-4,8H,1H3. The zero-order valence-corrected chi connectivity index (χ0v) is 8.48. The summed E-state index contributed by atoms with van der Waals surface area (Å²) in [6, 6.07) is 4.33. The molecule has 1 aromatic carbocycles. The van der Waals surface area contributed by atoms with Gasteiger partial charge in [-0.05, 0) is 18.6 Å². The molecule has 0 radical (unpaired) electrons. The van der Waals surface area contributed by atoms with Gasteiger partial charge in [0.2, 0.25) is 0 Å². The first kappa shape index (κ1) is 11.1. The Morgan fingerprint density at radius 3 is 2.67 bits per heavy atom. The van der Waals surface area contributed by atoms with Gasteiger partial charge in [0.05, 0.1) is 4.92 Å². The van der Waals surface area contributed by atoms with Crippen LogP contribution in [0.1, 0.15) is 5.56 Å². The van der Waals surface area contributed by atoms with E-state index in [-0.39, 0.29) is 11.4 Å². The van der Waals surface area contributed by atoms with Crippen LogP contribution in [0.25, 0.3) is 0 Å². The zero-order chi connectivity index (χ0) is 11.4. The molecule has 15 heavy (non-hydrogen) atoms. The minimum absolute atomic E-state index is 0.0369.